The molecule has 10 heteroatoms. The van der Waals surface area contributed by atoms with Crippen molar-refractivity contribution >= 4 is 21.8 Å². The summed E-state index contributed by atoms with van der Waals surface area (Å²) in [7, 11) is -3.30. The molecule has 2 N–H and O–H groups in total. The highest BCUT2D eigenvalue weighted by Gasteiger charge is 2.50. The Morgan fingerprint density at radius 1 is 1.03 bits per heavy atom. The minimum absolute atomic E-state index is 0.0200. The van der Waals surface area contributed by atoms with Crippen LogP contribution in [0.2, 0.25) is 0 Å². The molecule has 8 nitrogen and oxygen atoms in total. The van der Waals surface area contributed by atoms with E-state index < -0.39 is 16.1 Å². The summed E-state index contributed by atoms with van der Waals surface area (Å²) in [5.74, 6) is -0.358. The number of nitrogens with one attached hydrogen (secondary N) is 2. The molecule has 3 atom stereocenters. The van der Waals surface area contributed by atoms with E-state index in [9.17, 15) is 22.4 Å². The van der Waals surface area contributed by atoms with E-state index in [1.54, 1.807) is 29.2 Å². The van der Waals surface area contributed by atoms with Crippen molar-refractivity contribution < 1.29 is 22.4 Å². The number of halogens is 1. The second kappa shape index (κ2) is 11.9. The lowest BCUT2D eigenvalue weighted by atomic mass is 10.1. The summed E-state index contributed by atoms with van der Waals surface area (Å²) in [6.07, 6.45) is 4.22. The maximum Gasteiger partial charge on any atom is 0.251 e. The van der Waals surface area contributed by atoms with Gasteiger partial charge in [0, 0.05) is 43.2 Å². The van der Waals surface area contributed by atoms with Gasteiger partial charge < -0.3 is 15.5 Å². The van der Waals surface area contributed by atoms with E-state index in [4.69, 9.17) is 0 Å². The maximum atomic E-state index is 13.4. The Bertz CT molecular complexity index is 1220. The van der Waals surface area contributed by atoms with Crippen molar-refractivity contribution in [3.8, 4) is 0 Å². The monoisotopic (exact) mass is 544 g/mol. The molecule has 2 aliphatic rings. The van der Waals surface area contributed by atoms with E-state index in [2.05, 4.69) is 17.6 Å². The molecule has 0 aromatic heterocycles. The Morgan fingerprint density at radius 3 is 2.32 bits per heavy atom. The number of unbranched alkanes of at least 4 members (excludes halogenated alkanes) is 1. The summed E-state index contributed by atoms with van der Waals surface area (Å²) in [6, 6.07) is 14.8. The second-order valence-electron chi connectivity index (χ2n) is 10.5. The number of piperazine rings is 1. The molecular weight excluding hydrogens is 507 g/mol. The van der Waals surface area contributed by atoms with Crippen LogP contribution in [0, 0.1) is 5.82 Å². The summed E-state index contributed by atoms with van der Waals surface area (Å²) in [5.41, 5.74) is 1.60. The zero-order valence-corrected chi connectivity index (χ0v) is 22.8. The lowest BCUT2D eigenvalue weighted by Gasteiger charge is -2.35. The zero-order valence-electron chi connectivity index (χ0n) is 22.0. The average Bonchev–Trinajstić information content (AvgIpc) is 3.58. The Labute approximate surface area is 224 Å². The highest BCUT2D eigenvalue weighted by Crippen LogP contribution is 2.51. The third kappa shape index (κ3) is 7.18. The highest BCUT2D eigenvalue weighted by molar-refractivity contribution is 7.88. The van der Waals surface area contributed by atoms with Crippen LogP contribution >= 0.6 is 0 Å². The van der Waals surface area contributed by atoms with Gasteiger partial charge in [0.05, 0.1) is 6.26 Å². The minimum Gasteiger partial charge on any atom is -0.340 e. The fourth-order valence-electron chi connectivity index (χ4n) is 5.14. The van der Waals surface area contributed by atoms with Crippen LogP contribution in [-0.2, 0) is 14.8 Å². The quantitative estimate of drug-likeness (QED) is 0.424. The number of nitrogens with zero attached hydrogens (tertiary/aromatic N) is 2. The normalized spacial score (nSPS) is 22.6. The predicted octanol–water partition coefficient (Wildman–Crippen LogP) is 2.73. The number of amides is 2. The Hall–Kier alpha value is -2.82. The number of sulfonamides is 1. The smallest absolute Gasteiger partial charge is 0.251 e. The molecule has 2 aromatic rings. The van der Waals surface area contributed by atoms with E-state index in [1.807, 2.05) is 18.2 Å². The number of benzene rings is 2. The van der Waals surface area contributed by atoms with Crippen LogP contribution < -0.4 is 10.6 Å². The SMILES string of the molecule is C[C@@]1(NCCCC[C@H](NC(=O)c2ccccc2)C(=O)N2CCN(S(C)(=O)=O)CC2)C[C@@H]1c1ccc(F)cc1. The van der Waals surface area contributed by atoms with Crippen LogP contribution in [0.3, 0.4) is 0 Å². The molecule has 2 aromatic carbocycles. The van der Waals surface area contributed by atoms with E-state index in [0.717, 1.165) is 31.4 Å². The topological polar surface area (TPSA) is 98.8 Å². The van der Waals surface area contributed by atoms with Crippen molar-refractivity contribution in [1.29, 1.82) is 0 Å². The molecule has 1 aliphatic carbocycles. The van der Waals surface area contributed by atoms with E-state index in [1.165, 1.54) is 22.7 Å². The Morgan fingerprint density at radius 2 is 1.68 bits per heavy atom. The van der Waals surface area contributed by atoms with Gasteiger partial charge in [0.2, 0.25) is 15.9 Å². The predicted molar refractivity (Wildman–Crippen MR) is 145 cm³/mol. The molecular formula is C28H37FN4O4S. The van der Waals surface area contributed by atoms with Gasteiger partial charge in [-0.1, -0.05) is 30.3 Å². The minimum atomic E-state index is -3.30. The number of hydrogen-bond acceptors (Lipinski definition) is 5. The maximum absolute atomic E-state index is 13.4. The fourth-order valence-corrected chi connectivity index (χ4v) is 5.96. The average molecular weight is 545 g/mol. The first kappa shape index (κ1) is 28.2. The molecule has 1 saturated heterocycles. The van der Waals surface area contributed by atoms with Crippen molar-refractivity contribution in [1.82, 2.24) is 19.8 Å². The highest BCUT2D eigenvalue weighted by atomic mass is 32.2. The molecule has 0 radical (unpaired) electrons. The number of carbonyl (C=O) groups is 2. The van der Waals surface area contributed by atoms with E-state index in [0.29, 0.717) is 31.0 Å². The van der Waals surface area contributed by atoms with Gasteiger partial charge in [0.1, 0.15) is 11.9 Å². The van der Waals surface area contributed by atoms with Crippen LogP contribution in [-0.4, -0.2) is 80.0 Å². The molecule has 2 amide bonds. The van der Waals surface area contributed by atoms with Crippen molar-refractivity contribution in [3.63, 3.8) is 0 Å². The van der Waals surface area contributed by atoms with Gasteiger partial charge in [-0.05, 0) is 69.0 Å². The molecule has 0 unspecified atom stereocenters. The van der Waals surface area contributed by atoms with E-state index in [-0.39, 0.29) is 36.3 Å². The number of rotatable bonds is 11. The van der Waals surface area contributed by atoms with Gasteiger partial charge in [-0.25, -0.2) is 12.8 Å². The molecule has 38 heavy (non-hydrogen) atoms. The van der Waals surface area contributed by atoms with Gasteiger partial charge in [0.25, 0.3) is 5.91 Å². The fraction of sp³-hybridized carbons (Fsp3) is 0.500. The van der Waals surface area contributed by atoms with Crippen molar-refractivity contribution in [2.75, 3.05) is 39.0 Å². The summed E-state index contributed by atoms with van der Waals surface area (Å²) >= 11 is 0. The van der Waals surface area contributed by atoms with Gasteiger partial charge >= 0.3 is 0 Å². The van der Waals surface area contributed by atoms with Crippen molar-refractivity contribution in [2.45, 2.75) is 50.1 Å². The van der Waals surface area contributed by atoms with Crippen molar-refractivity contribution in [3.05, 3.63) is 71.5 Å². The van der Waals surface area contributed by atoms with Crippen LogP contribution in [0.25, 0.3) is 0 Å². The molecule has 0 spiro atoms. The molecule has 206 valence electrons. The lowest BCUT2D eigenvalue weighted by molar-refractivity contribution is -0.134. The molecule has 0 bridgehead atoms. The third-order valence-electron chi connectivity index (χ3n) is 7.62. The first-order valence-electron chi connectivity index (χ1n) is 13.2. The summed E-state index contributed by atoms with van der Waals surface area (Å²) in [4.78, 5) is 27.9. The third-order valence-corrected chi connectivity index (χ3v) is 8.92. The summed E-state index contributed by atoms with van der Waals surface area (Å²) < 4.78 is 38.3. The standard InChI is InChI=1S/C28H37FN4O4S/c1-28(20-24(28)21-11-13-23(29)14-12-21)30-15-7-6-10-25(31-26(34)22-8-4-3-5-9-22)27(35)32-16-18-33(19-17-32)38(2,36)37/h3-5,8-9,11-14,24-25,30H,6-7,10,15-20H2,1-2H3,(H,31,34)/t24-,25+,28-/m1/s1. The summed E-state index contributed by atoms with van der Waals surface area (Å²) in [6.45, 7) is 4.05. The second-order valence-corrected chi connectivity index (χ2v) is 12.5. The van der Waals surface area contributed by atoms with Gasteiger partial charge in [0.15, 0.2) is 0 Å². The Kier molecular flexibility index (Phi) is 8.85. The van der Waals surface area contributed by atoms with Gasteiger partial charge in [-0.2, -0.15) is 4.31 Å². The zero-order chi connectivity index (χ0) is 27.3. The largest absolute Gasteiger partial charge is 0.340 e. The van der Waals surface area contributed by atoms with Gasteiger partial charge in [-0.3, -0.25) is 9.59 Å². The molecule has 1 heterocycles. The Balaban J connectivity index is 1.29. The molecule has 2 fully saturated rings. The lowest BCUT2D eigenvalue weighted by Crippen LogP contribution is -2.55. The molecule has 1 aliphatic heterocycles. The van der Waals surface area contributed by atoms with Crippen molar-refractivity contribution in [2.24, 2.45) is 0 Å². The first-order valence-corrected chi connectivity index (χ1v) is 15.0. The number of carbonyl (C=O) groups excluding carboxylic acids is 2. The molecule has 4 rings (SSSR count). The molecule has 1 saturated carbocycles. The van der Waals surface area contributed by atoms with Crippen LogP contribution in [0.4, 0.5) is 4.39 Å². The van der Waals surface area contributed by atoms with Crippen LogP contribution in [0.1, 0.15) is 54.4 Å². The van der Waals surface area contributed by atoms with E-state index >= 15 is 0 Å². The summed E-state index contributed by atoms with van der Waals surface area (Å²) in [5, 5.41) is 6.52. The number of hydrogen-bond donors (Lipinski definition) is 2. The van der Waals surface area contributed by atoms with Gasteiger partial charge in [-0.15, -0.1) is 0 Å². The van der Waals surface area contributed by atoms with Crippen LogP contribution in [0.5, 0.6) is 0 Å². The van der Waals surface area contributed by atoms with Crippen LogP contribution in [0.15, 0.2) is 54.6 Å². The first-order chi connectivity index (χ1) is 18.1.